The van der Waals surface area contributed by atoms with Gasteiger partial charge in [-0.15, -0.1) is 10.3 Å². The van der Waals surface area contributed by atoms with Gasteiger partial charge in [-0.25, -0.2) is 0 Å². The Bertz CT molecular complexity index is 441. The highest BCUT2D eigenvalue weighted by Crippen LogP contribution is 2.38. The van der Waals surface area contributed by atoms with Gasteiger partial charge in [0, 0.05) is 0 Å². The van der Waals surface area contributed by atoms with Crippen molar-refractivity contribution >= 4 is 12.0 Å². The maximum absolute atomic E-state index is 12.0. The molecule has 0 N–H and O–H groups in total. The maximum atomic E-state index is 12.0. The minimum atomic E-state index is -0.670. The van der Waals surface area contributed by atoms with E-state index in [4.69, 9.17) is 5.53 Å². The number of hydroxylamine groups is 2. The Morgan fingerprint density at radius 3 is 2.41 bits per heavy atom. The minimum Gasteiger partial charge on any atom is -0.361 e. The molecule has 5 nitrogen and oxygen atoms in total. The Morgan fingerprint density at radius 1 is 1.41 bits per heavy atom. The summed E-state index contributed by atoms with van der Waals surface area (Å²) in [4.78, 5) is 13.8. The number of allylic oxidation sites excluding steroid dienone is 1. The summed E-state index contributed by atoms with van der Waals surface area (Å²) in [6, 6.07) is 0. The topological polar surface area (TPSA) is 76.6 Å². The molecule has 1 aliphatic rings. The lowest BCUT2D eigenvalue weighted by Gasteiger charge is -2.33. The average Bonchev–Trinajstić information content (AvgIpc) is 2.37. The largest absolute Gasteiger partial charge is 0.361 e. The average molecular weight is 234 g/mol. The van der Waals surface area contributed by atoms with Crippen LogP contribution in [0.2, 0.25) is 0 Å². The van der Waals surface area contributed by atoms with Crippen LogP contribution >= 0.6 is 0 Å². The van der Waals surface area contributed by atoms with Gasteiger partial charge in [-0.3, -0.25) is 4.79 Å². The summed E-state index contributed by atoms with van der Waals surface area (Å²) >= 11 is 0. The van der Waals surface area contributed by atoms with Crippen molar-refractivity contribution < 1.29 is 14.8 Å². The summed E-state index contributed by atoms with van der Waals surface area (Å²) in [6.45, 7) is 7.24. The van der Waals surface area contributed by atoms with Crippen LogP contribution in [-0.4, -0.2) is 32.9 Å². The van der Waals surface area contributed by atoms with E-state index in [0.29, 0.717) is 0 Å². The zero-order valence-corrected chi connectivity index (χ0v) is 10.5. The predicted molar refractivity (Wildman–Crippen MR) is 62.6 cm³/mol. The standard InChI is InChI=1S/C12H16N3O2/c1-11(2)7-9(12(3,4)15(11)17)5-6-10(16)8-14-13/h5-8H,1-4H3/b6-5-. The normalized spacial score (nSPS) is 22.3. The van der Waals surface area contributed by atoms with Crippen LogP contribution in [0, 0.1) is 0 Å². The number of rotatable bonds is 3. The lowest BCUT2D eigenvalue weighted by atomic mass is 9.96. The number of hydrogen-bond donors (Lipinski definition) is 0. The molecule has 17 heavy (non-hydrogen) atoms. The lowest BCUT2D eigenvalue weighted by molar-refractivity contribution is -0.238. The summed E-state index contributed by atoms with van der Waals surface area (Å²) in [6.07, 6.45) is 5.51. The van der Waals surface area contributed by atoms with Crippen LogP contribution in [0.1, 0.15) is 27.7 Å². The molecule has 5 heteroatoms. The summed E-state index contributed by atoms with van der Waals surface area (Å²) < 4.78 is 0. The van der Waals surface area contributed by atoms with Crippen molar-refractivity contribution in [2.45, 2.75) is 38.8 Å². The summed E-state index contributed by atoms with van der Waals surface area (Å²) in [5, 5.41) is 13.0. The van der Waals surface area contributed by atoms with E-state index in [1.165, 1.54) is 6.08 Å². The van der Waals surface area contributed by atoms with E-state index in [0.717, 1.165) is 16.9 Å². The van der Waals surface area contributed by atoms with Crippen LogP contribution in [0.3, 0.4) is 0 Å². The predicted octanol–water partition coefficient (Wildman–Crippen LogP) is 1.56. The second-order valence-corrected chi connectivity index (χ2v) is 5.09. The zero-order chi connectivity index (χ0) is 13.3. The summed E-state index contributed by atoms with van der Waals surface area (Å²) in [5.41, 5.74) is 7.72. The number of nitrogens with zero attached hydrogens (tertiary/aromatic N) is 3. The highest BCUT2D eigenvalue weighted by Gasteiger charge is 2.45. The SMILES string of the molecule is CC1(C)C=C(/C=C\C(=O)C=[N+]=[N-])C(C)(C)N1[O]. The van der Waals surface area contributed by atoms with Crippen LogP contribution in [0.5, 0.6) is 0 Å². The van der Waals surface area contributed by atoms with Gasteiger partial charge in [-0.1, -0.05) is 12.2 Å². The van der Waals surface area contributed by atoms with E-state index in [9.17, 15) is 10.0 Å². The molecule has 0 aromatic heterocycles. The third-order valence-corrected chi connectivity index (χ3v) is 2.86. The maximum Gasteiger partial charge on any atom is 0.327 e. The van der Waals surface area contributed by atoms with Crippen LogP contribution in [0.15, 0.2) is 23.8 Å². The zero-order valence-electron chi connectivity index (χ0n) is 10.5. The molecular formula is C12H16N3O2. The summed E-state index contributed by atoms with van der Waals surface area (Å²) in [5.74, 6) is -0.425. The number of ketones is 1. The Balaban J connectivity index is 2.99. The van der Waals surface area contributed by atoms with E-state index >= 15 is 0 Å². The van der Waals surface area contributed by atoms with Crippen molar-refractivity contribution in [3.63, 3.8) is 0 Å². The van der Waals surface area contributed by atoms with E-state index < -0.39 is 16.9 Å². The summed E-state index contributed by atoms with van der Waals surface area (Å²) in [7, 11) is 0. The third-order valence-electron chi connectivity index (χ3n) is 2.86. The van der Waals surface area contributed by atoms with E-state index in [-0.39, 0.29) is 0 Å². The second-order valence-electron chi connectivity index (χ2n) is 5.09. The van der Waals surface area contributed by atoms with Gasteiger partial charge in [0.1, 0.15) is 0 Å². The first-order valence-corrected chi connectivity index (χ1v) is 5.32. The fourth-order valence-corrected chi connectivity index (χ4v) is 1.98. The molecule has 0 aromatic rings. The van der Waals surface area contributed by atoms with Crippen LogP contribution in [0.4, 0.5) is 0 Å². The Hall–Kier alpha value is -1.55. The quantitative estimate of drug-likeness (QED) is 0.321. The molecule has 0 aromatic carbocycles. The van der Waals surface area contributed by atoms with Gasteiger partial charge in [-0.2, -0.15) is 4.79 Å². The van der Waals surface area contributed by atoms with Gasteiger partial charge in [0.05, 0.1) is 11.1 Å². The number of hydrogen-bond acceptors (Lipinski definition) is 2. The number of carbonyl (C=O) groups excluding carboxylic acids is 1. The lowest BCUT2D eigenvalue weighted by Crippen LogP contribution is -2.46. The smallest absolute Gasteiger partial charge is 0.327 e. The van der Waals surface area contributed by atoms with Crippen LogP contribution < -0.4 is 0 Å². The molecule has 0 spiro atoms. The van der Waals surface area contributed by atoms with E-state index in [1.807, 2.05) is 19.9 Å². The van der Waals surface area contributed by atoms with Gasteiger partial charge in [0.2, 0.25) is 0 Å². The van der Waals surface area contributed by atoms with Crippen molar-refractivity contribution in [3.8, 4) is 0 Å². The van der Waals surface area contributed by atoms with Gasteiger partial charge in [-0.05, 0) is 39.3 Å². The van der Waals surface area contributed by atoms with Gasteiger partial charge in [0.15, 0.2) is 0 Å². The highest BCUT2D eigenvalue weighted by atomic mass is 16.5. The molecule has 0 aliphatic carbocycles. The van der Waals surface area contributed by atoms with Crippen LogP contribution in [0.25, 0.3) is 5.53 Å². The van der Waals surface area contributed by atoms with Crippen molar-refractivity contribution in [2.24, 2.45) is 0 Å². The molecule has 1 heterocycles. The molecular weight excluding hydrogens is 218 g/mol. The first-order valence-electron chi connectivity index (χ1n) is 5.32. The van der Waals surface area contributed by atoms with Crippen LogP contribution in [-0.2, 0) is 10.0 Å². The third kappa shape index (κ3) is 2.58. The molecule has 0 saturated heterocycles. The van der Waals surface area contributed by atoms with Crippen molar-refractivity contribution in [1.82, 2.24) is 5.06 Å². The Kier molecular flexibility index (Phi) is 3.48. The Morgan fingerprint density at radius 2 is 2.00 bits per heavy atom. The number of carbonyl (C=O) groups is 1. The van der Waals surface area contributed by atoms with E-state index in [2.05, 4.69) is 4.79 Å². The second kappa shape index (κ2) is 4.37. The molecule has 91 valence electrons. The highest BCUT2D eigenvalue weighted by molar-refractivity contribution is 6.30. The Labute approximate surface area is 101 Å². The van der Waals surface area contributed by atoms with Crippen molar-refractivity contribution in [1.29, 1.82) is 0 Å². The molecule has 1 radical (unpaired) electrons. The fraction of sp³-hybridized carbons (Fsp3) is 0.500. The monoisotopic (exact) mass is 234 g/mol. The molecule has 0 atom stereocenters. The minimum absolute atomic E-state index is 0.425. The molecule has 1 aliphatic heterocycles. The first-order chi connectivity index (χ1) is 7.71. The molecule has 1 rings (SSSR count). The molecule has 0 fully saturated rings. The molecule has 0 bridgehead atoms. The van der Waals surface area contributed by atoms with Gasteiger partial charge in [0.25, 0.3) is 5.78 Å². The molecule has 0 unspecified atom stereocenters. The van der Waals surface area contributed by atoms with E-state index in [1.54, 1.807) is 19.9 Å². The fourth-order valence-electron chi connectivity index (χ4n) is 1.98. The molecule has 0 saturated carbocycles. The first kappa shape index (κ1) is 13.5. The van der Waals surface area contributed by atoms with Crippen molar-refractivity contribution in [3.05, 3.63) is 29.3 Å². The molecule has 0 amide bonds. The van der Waals surface area contributed by atoms with Gasteiger partial charge < -0.3 is 5.53 Å². The van der Waals surface area contributed by atoms with Gasteiger partial charge >= 0.3 is 6.21 Å². The van der Waals surface area contributed by atoms with Crippen molar-refractivity contribution in [2.75, 3.05) is 0 Å².